The van der Waals surface area contributed by atoms with Crippen molar-refractivity contribution in [2.24, 2.45) is 7.05 Å². The first-order valence-electron chi connectivity index (χ1n) is 4.43. The number of alkyl halides is 3. The zero-order valence-corrected chi connectivity index (χ0v) is 8.51. The van der Waals surface area contributed by atoms with Gasteiger partial charge < -0.3 is 11.1 Å². The largest absolute Gasteiger partial charge is 0.394 e. The topological polar surface area (TPSA) is 72.9 Å². The Labute approximate surface area is 89.4 Å². The summed E-state index contributed by atoms with van der Waals surface area (Å²) in [4.78, 5) is 11.2. The number of nitrogens with zero attached hydrogens (tertiary/aromatic N) is 2. The lowest BCUT2D eigenvalue weighted by atomic mass is 10.3. The van der Waals surface area contributed by atoms with E-state index in [2.05, 4.69) is 10.4 Å². The van der Waals surface area contributed by atoms with Crippen LogP contribution in [0.3, 0.4) is 0 Å². The molecule has 0 atom stereocenters. The molecule has 1 aromatic rings. The van der Waals surface area contributed by atoms with E-state index < -0.39 is 24.9 Å². The molecule has 0 saturated carbocycles. The molecule has 0 aliphatic carbocycles. The summed E-state index contributed by atoms with van der Waals surface area (Å²) in [6.45, 7) is 0. The number of nitrogens with one attached hydrogen (secondary N) is 1. The number of hydrogen-bond donors (Lipinski definition) is 2. The Morgan fingerprint density at radius 2 is 2.25 bits per heavy atom. The third-order valence-electron chi connectivity index (χ3n) is 1.86. The van der Waals surface area contributed by atoms with E-state index in [0.717, 1.165) is 0 Å². The van der Waals surface area contributed by atoms with Crippen molar-refractivity contribution in [2.45, 2.75) is 19.0 Å². The third-order valence-corrected chi connectivity index (χ3v) is 1.86. The van der Waals surface area contributed by atoms with Gasteiger partial charge in [-0.1, -0.05) is 0 Å². The van der Waals surface area contributed by atoms with Crippen LogP contribution >= 0.6 is 0 Å². The average Bonchev–Trinajstić information content (AvgIpc) is 2.45. The van der Waals surface area contributed by atoms with Gasteiger partial charge in [-0.2, -0.15) is 18.3 Å². The maximum atomic E-state index is 11.8. The maximum Gasteiger partial charge on any atom is 0.389 e. The number of rotatable bonds is 3. The fraction of sp³-hybridized carbons (Fsp3) is 0.500. The van der Waals surface area contributed by atoms with E-state index in [0.29, 0.717) is 0 Å². The standard InChI is InChI=1S/C8H11F3N4O/c1-15-7(5(12)4-13-15)14-6(16)2-3-8(9,10)11/h4H,2-3,12H2,1H3,(H,14,16). The average molecular weight is 236 g/mol. The number of anilines is 2. The Hall–Kier alpha value is -1.73. The molecule has 1 heterocycles. The molecule has 1 rings (SSSR count). The molecule has 0 bridgehead atoms. The van der Waals surface area contributed by atoms with Crippen LogP contribution in [0.4, 0.5) is 24.7 Å². The highest BCUT2D eigenvalue weighted by Gasteiger charge is 2.28. The minimum absolute atomic E-state index is 0.201. The molecule has 0 spiro atoms. The van der Waals surface area contributed by atoms with E-state index >= 15 is 0 Å². The predicted octanol–water partition coefficient (Wildman–Crippen LogP) is 1.28. The van der Waals surface area contributed by atoms with E-state index in [4.69, 9.17) is 5.73 Å². The normalized spacial score (nSPS) is 11.5. The highest BCUT2D eigenvalue weighted by molar-refractivity contribution is 5.92. The molecule has 3 N–H and O–H groups in total. The summed E-state index contributed by atoms with van der Waals surface area (Å²) in [6.07, 6.45) is -4.82. The minimum Gasteiger partial charge on any atom is -0.394 e. The number of hydrogen-bond acceptors (Lipinski definition) is 3. The SMILES string of the molecule is Cn1ncc(N)c1NC(=O)CCC(F)(F)F. The van der Waals surface area contributed by atoms with Gasteiger partial charge in [0.05, 0.1) is 18.3 Å². The molecule has 0 saturated heterocycles. The Morgan fingerprint density at radius 3 is 2.69 bits per heavy atom. The van der Waals surface area contributed by atoms with E-state index in [1.165, 1.54) is 17.9 Å². The van der Waals surface area contributed by atoms with Crippen molar-refractivity contribution in [3.05, 3.63) is 6.20 Å². The molecular weight excluding hydrogens is 225 g/mol. The monoisotopic (exact) mass is 236 g/mol. The first-order valence-corrected chi connectivity index (χ1v) is 4.43. The quantitative estimate of drug-likeness (QED) is 0.830. The molecule has 5 nitrogen and oxygen atoms in total. The molecule has 1 aromatic heterocycles. The second-order valence-corrected chi connectivity index (χ2v) is 3.24. The molecule has 0 fully saturated rings. The summed E-state index contributed by atoms with van der Waals surface area (Å²) < 4.78 is 36.8. The number of carbonyl (C=O) groups excluding carboxylic acids is 1. The summed E-state index contributed by atoms with van der Waals surface area (Å²) >= 11 is 0. The Morgan fingerprint density at radius 1 is 1.62 bits per heavy atom. The van der Waals surface area contributed by atoms with Crippen LogP contribution in [0.5, 0.6) is 0 Å². The lowest BCUT2D eigenvalue weighted by molar-refractivity contribution is -0.142. The lowest BCUT2D eigenvalue weighted by Crippen LogP contribution is -2.18. The van der Waals surface area contributed by atoms with Crippen molar-refractivity contribution in [2.75, 3.05) is 11.1 Å². The van der Waals surface area contributed by atoms with Gasteiger partial charge in [-0.15, -0.1) is 0 Å². The van der Waals surface area contributed by atoms with E-state index in [1.807, 2.05) is 0 Å². The molecule has 1 amide bonds. The summed E-state index contributed by atoms with van der Waals surface area (Å²) in [7, 11) is 1.52. The molecule has 8 heteroatoms. The minimum atomic E-state index is -4.34. The molecule has 90 valence electrons. The second-order valence-electron chi connectivity index (χ2n) is 3.24. The van der Waals surface area contributed by atoms with E-state index in [1.54, 1.807) is 0 Å². The van der Waals surface area contributed by atoms with Crippen molar-refractivity contribution in [1.82, 2.24) is 9.78 Å². The molecule has 0 unspecified atom stereocenters. The Kier molecular flexibility index (Phi) is 3.41. The van der Waals surface area contributed by atoms with Gasteiger partial charge in [0.25, 0.3) is 0 Å². The van der Waals surface area contributed by atoms with E-state index in [9.17, 15) is 18.0 Å². The van der Waals surface area contributed by atoms with Crippen molar-refractivity contribution < 1.29 is 18.0 Å². The molecule has 0 aromatic carbocycles. The van der Waals surface area contributed by atoms with Gasteiger partial charge in [-0.05, 0) is 0 Å². The number of halogens is 3. The fourth-order valence-corrected chi connectivity index (χ4v) is 1.06. The van der Waals surface area contributed by atoms with E-state index in [-0.39, 0.29) is 11.5 Å². The number of carbonyl (C=O) groups is 1. The predicted molar refractivity (Wildman–Crippen MR) is 51.5 cm³/mol. The summed E-state index contributed by atoms with van der Waals surface area (Å²) in [5, 5.41) is 6.00. The van der Waals surface area contributed by atoms with Gasteiger partial charge in [0.1, 0.15) is 0 Å². The lowest BCUT2D eigenvalue weighted by Gasteiger charge is -2.08. The zero-order valence-electron chi connectivity index (χ0n) is 8.51. The van der Waals surface area contributed by atoms with Gasteiger partial charge in [-0.3, -0.25) is 9.48 Å². The van der Waals surface area contributed by atoms with Crippen LogP contribution in [0, 0.1) is 0 Å². The molecule has 0 aliphatic heterocycles. The van der Waals surface area contributed by atoms with Crippen molar-refractivity contribution in [3.63, 3.8) is 0 Å². The van der Waals surface area contributed by atoms with Crippen molar-refractivity contribution in [3.8, 4) is 0 Å². The van der Waals surface area contributed by atoms with Crippen LogP contribution in [-0.4, -0.2) is 21.9 Å². The van der Waals surface area contributed by atoms with Crippen LogP contribution in [0.1, 0.15) is 12.8 Å². The van der Waals surface area contributed by atoms with Crippen molar-refractivity contribution >= 4 is 17.4 Å². The van der Waals surface area contributed by atoms with Gasteiger partial charge >= 0.3 is 6.18 Å². The molecule has 0 radical (unpaired) electrons. The number of nitrogen functional groups attached to an aromatic ring is 1. The zero-order chi connectivity index (χ0) is 12.3. The second kappa shape index (κ2) is 4.42. The first-order chi connectivity index (χ1) is 7.29. The summed E-state index contributed by atoms with van der Waals surface area (Å²) in [5.74, 6) is -0.542. The molecule has 16 heavy (non-hydrogen) atoms. The van der Waals surface area contributed by atoms with Crippen LogP contribution in [0.15, 0.2) is 6.20 Å². The Balaban J connectivity index is 2.53. The number of aromatic nitrogens is 2. The summed E-state index contributed by atoms with van der Waals surface area (Å²) in [6, 6.07) is 0. The first kappa shape index (κ1) is 12.3. The van der Waals surface area contributed by atoms with Gasteiger partial charge in [0, 0.05) is 13.5 Å². The Bertz CT molecular complexity index is 366. The summed E-state index contributed by atoms with van der Waals surface area (Å²) in [5.41, 5.74) is 5.66. The van der Waals surface area contributed by atoms with Crippen molar-refractivity contribution in [1.29, 1.82) is 0 Å². The molecular formula is C8H11F3N4O. The highest BCUT2D eigenvalue weighted by Crippen LogP contribution is 2.22. The fourth-order valence-electron chi connectivity index (χ4n) is 1.06. The van der Waals surface area contributed by atoms with Crippen LogP contribution in [0.2, 0.25) is 0 Å². The number of aryl methyl sites for hydroxylation is 1. The van der Waals surface area contributed by atoms with Gasteiger partial charge in [0.15, 0.2) is 5.82 Å². The smallest absolute Gasteiger partial charge is 0.389 e. The number of nitrogens with two attached hydrogens (primary N) is 1. The number of amides is 1. The van der Waals surface area contributed by atoms with Crippen LogP contribution < -0.4 is 11.1 Å². The third kappa shape index (κ3) is 3.44. The van der Waals surface area contributed by atoms with Gasteiger partial charge in [-0.25, -0.2) is 0 Å². The van der Waals surface area contributed by atoms with Crippen LogP contribution in [-0.2, 0) is 11.8 Å². The van der Waals surface area contributed by atoms with Crippen LogP contribution in [0.25, 0.3) is 0 Å². The molecule has 0 aliphatic rings. The van der Waals surface area contributed by atoms with Gasteiger partial charge in [0.2, 0.25) is 5.91 Å². The highest BCUT2D eigenvalue weighted by atomic mass is 19.4. The maximum absolute atomic E-state index is 11.8.